The molecule has 0 spiro atoms. The van der Waals surface area contributed by atoms with Crippen molar-refractivity contribution in [2.45, 2.75) is 13.5 Å². The van der Waals surface area contributed by atoms with E-state index in [1.807, 2.05) is 25.9 Å². The van der Waals surface area contributed by atoms with E-state index in [0.717, 1.165) is 10.5 Å². The summed E-state index contributed by atoms with van der Waals surface area (Å²) >= 11 is 0. The molecule has 3 aromatic rings. The van der Waals surface area contributed by atoms with Crippen LogP contribution >= 0.6 is 0 Å². The second kappa shape index (κ2) is 10.7. The largest absolute Gasteiger partial charge is 0.494 e. The topological polar surface area (TPSA) is 70.2 Å². The number of rotatable bonds is 9. The number of fused-ring (bicyclic) bond motifs is 1. The van der Waals surface area contributed by atoms with Crippen LogP contribution in [0.2, 0.25) is 0 Å². The molecule has 0 atom stereocenters. The summed E-state index contributed by atoms with van der Waals surface area (Å²) in [6, 6.07) is 17.3. The van der Waals surface area contributed by atoms with Gasteiger partial charge in [0, 0.05) is 25.2 Å². The van der Waals surface area contributed by atoms with Crippen LogP contribution < -0.4 is 9.64 Å². The minimum atomic E-state index is -0.479. The van der Waals surface area contributed by atoms with E-state index in [9.17, 15) is 18.8 Å². The number of benzene rings is 3. The van der Waals surface area contributed by atoms with Crippen molar-refractivity contribution in [1.82, 2.24) is 9.80 Å². The quantitative estimate of drug-likeness (QED) is 0.421. The van der Waals surface area contributed by atoms with Crippen molar-refractivity contribution < 1.29 is 23.5 Å². The van der Waals surface area contributed by atoms with Gasteiger partial charge in [0.1, 0.15) is 11.6 Å². The van der Waals surface area contributed by atoms with Crippen molar-refractivity contribution in [2.24, 2.45) is 0 Å². The van der Waals surface area contributed by atoms with Crippen LogP contribution in [0, 0.1) is 5.82 Å². The Morgan fingerprint density at radius 2 is 1.56 bits per heavy atom. The summed E-state index contributed by atoms with van der Waals surface area (Å²) in [6.07, 6.45) is 0. The lowest BCUT2D eigenvalue weighted by Gasteiger charge is -2.25. The second-order valence-corrected chi connectivity index (χ2v) is 8.79. The van der Waals surface area contributed by atoms with Crippen molar-refractivity contribution >= 4 is 23.4 Å². The highest BCUT2D eigenvalue weighted by molar-refractivity contribution is 6.34. The molecule has 0 fully saturated rings. The Morgan fingerprint density at radius 3 is 2.19 bits per heavy atom. The number of imide groups is 1. The maximum Gasteiger partial charge on any atom is 0.266 e. The van der Waals surface area contributed by atoms with Crippen LogP contribution in [-0.4, -0.2) is 61.3 Å². The summed E-state index contributed by atoms with van der Waals surface area (Å²) in [6.45, 7) is 3.73. The minimum absolute atomic E-state index is 0.189. The van der Waals surface area contributed by atoms with Crippen molar-refractivity contribution in [2.75, 3.05) is 38.7 Å². The molecule has 1 heterocycles. The zero-order chi connectivity index (χ0) is 25.8. The number of carbonyl (C=O) groups excluding carboxylic acids is 3. The summed E-state index contributed by atoms with van der Waals surface area (Å²) < 4.78 is 18.8. The first-order valence-electron chi connectivity index (χ1n) is 11.7. The number of carbonyl (C=O) groups is 3. The van der Waals surface area contributed by atoms with Crippen LogP contribution in [0.1, 0.15) is 43.6 Å². The molecule has 1 aliphatic rings. The van der Waals surface area contributed by atoms with Crippen LogP contribution in [0.3, 0.4) is 0 Å². The fourth-order valence-electron chi connectivity index (χ4n) is 4.03. The SMILES string of the molecule is CCOc1ccc(N2C(=O)c3ccc(C(=O)N(CCN(C)C)Cc4ccc(F)cc4)cc3C2=O)cc1. The van der Waals surface area contributed by atoms with Crippen molar-refractivity contribution in [3.8, 4) is 5.75 Å². The fraction of sp³-hybridized carbons (Fsp3) is 0.250. The molecular formula is C28H28FN3O4. The van der Waals surface area contributed by atoms with E-state index in [2.05, 4.69) is 0 Å². The fourth-order valence-corrected chi connectivity index (χ4v) is 4.03. The maximum atomic E-state index is 13.5. The van der Waals surface area contributed by atoms with Crippen LogP contribution in [0.25, 0.3) is 0 Å². The molecule has 0 aromatic heterocycles. The van der Waals surface area contributed by atoms with Gasteiger partial charge in [0.05, 0.1) is 23.4 Å². The highest BCUT2D eigenvalue weighted by atomic mass is 19.1. The molecule has 1 aliphatic heterocycles. The van der Waals surface area contributed by atoms with Gasteiger partial charge >= 0.3 is 0 Å². The first-order valence-corrected chi connectivity index (χ1v) is 11.7. The maximum absolute atomic E-state index is 13.5. The summed E-state index contributed by atoms with van der Waals surface area (Å²) in [5, 5.41) is 0. The normalized spacial score (nSPS) is 12.8. The molecule has 3 amide bonds. The number of hydrogen-bond acceptors (Lipinski definition) is 5. The first kappa shape index (κ1) is 25.1. The second-order valence-electron chi connectivity index (χ2n) is 8.79. The first-order chi connectivity index (χ1) is 17.3. The molecule has 0 saturated carbocycles. The molecule has 0 saturated heterocycles. The molecule has 8 heteroatoms. The van der Waals surface area contributed by atoms with E-state index in [0.29, 0.717) is 36.7 Å². The molecule has 36 heavy (non-hydrogen) atoms. The third kappa shape index (κ3) is 5.28. The van der Waals surface area contributed by atoms with Crippen molar-refractivity contribution in [3.63, 3.8) is 0 Å². The van der Waals surface area contributed by atoms with E-state index in [4.69, 9.17) is 4.74 Å². The Bertz CT molecular complexity index is 1270. The molecule has 186 valence electrons. The average molecular weight is 490 g/mol. The van der Waals surface area contributed by atoms with Gasteiger partial charge in [-0.25, -0.2) is 9.29 Å². The molecule has 7 nitrogen and oxygen atoms in total. The number of likely N-dealkylation sites (N-methyl/N-ethyl adjacent to an activating group) is 1. The van der Waals surface area contributed by atoms with E-state index >= 15 is 0 Å². The zero-order valence-electron chi connectivity index (χ0n) is 20.5. The number of anilines is 1. The van der Waals surface area contributed by atoms with Gasteiger partial charge in [-0.2, -0.15) is 0 Å². The highest BCUT2D eigenvalue weighted by Gasteiger charge is 2.37. The summed E-state index contributed by atoms with van der Waals surface area (Å²) in [7, 11) is 3.82. The number of hydrogen-bond donors (Lipinski definition) is 0. The third-order valence-corrected chi connectivity index (χ3v) is 5.93. The predicted octanol–water partition coefficient (Wildman–Crippen LogP) is 4.23. The van der Waals surface area contributed by atoms with Crippen molar-refractivity contribution in [1.29, 1.82) is 0 Å². The van der Waals surface area contributed by atoms with Gasteiger partial charge in [0.2, 0.25) is 0 Å². The van der Waals surface area contributed by atoms with Crippen LogP contribution in [0.5, 0.6) is 5.75 Å². The molecule has 4 rings (SSSR count). The van der Waals surface area contributed by atoms with E-state index in [-0.39, 0.29) is 29.4 Å². The molecule has 0 unspecified atom stereocenters. The number of nitrogens with zero attached hydrogens (tertiary/aromatic N) is 3. The Kier molecular flexibility index (Phi) is 7.45. The van der Waals surface area contributed by atoms with Crippen LogP contribution in [-0.2, 0) is 6.54 Å². The Labute approximate surface area is 209 Å². The minimum Gasteiger partial charge on any atom is -0.494 e. The van der Waals surface area contributed by atoms with E-state index in [1.165, 1.54) is 24.3 Å². The Hall–Kier alpha value is -4.04. The third-order valence-electron chi connectivity index (χ3n) is 5.93. The Morgan fingerprint density at radius 1 is 0.889 bits per heavy atom. The van der Waals surface area contributed by atoms with E-state index in [1.54, 1.807) is 47.4 Å². The molecule has 0 N–H and O–H groups in total. The summed E-state index contributed by atoms with van der Waals surface area (Å²) in [5.74, 6) is -0.890. The standard InChI is InChI=1S/C28H28FN3O4/c1-4-36-23-12-10-22(11-13-23)32-27(34)24-14-7-20(17-25(24)28(32)35)26(33)31(16-15-30(2)3)18-19-5-8-21(29)9-6-19/h5-14,17H,4,15-16,18H2,1-3H3. The zero-order valence-corrected chi connectivity index (χ0v) is 20.5. The number of ether oxygens (including phenoxy) is 1. The van der Waals surface area contributed by atoms with Gasteiger partial charge in [-0.05, 0) is 81.2 Å². The van der Waals surface area contributed by atoms with Gasteiger partial charge in [-0.15, -0.1) is 0 Å². The molecule has 0 bridgehead atoms. The summed E-state index contributed by atoms with van der Waals surface area (Å²) in [4.78, 5) is 44.4. The Balaban J connectivity index is 1.59. The number of halogens is 1. The molecule has 3 aromatic carbocycles. The van der Waals surface area contributed by atoms with E-state index < -0.39 is 11.8 Å². The van der Waals surface area contributed by atoms with Crippen LogP contribution in [0.4, 0.5) is 10.1 Å². The number of amides is 3. The predicted molar refractivity (Wildman–Crippen MR) is 135 cm³/mol. The van der Waals surface area contributed by atoms with Gasteiger partial charge in [0.15, 0.2) is 0 Å². The molecule has 0 aliphatic carbocycles. The van der Waals surface area contributed by atoms with Crippen LogP contribution in [0.15, 0.2) is 66.7 Å². The van der Waals surface area contributed by atoms with Gasteiger partial charge in [0.25, 0.3) is 17.7 Å². The molecular weight excluding hydrogens is 461 g/mol. The highest BCUT2D eigenvalue weighted by Crippen LogP contribution is 2.30. The summed E-state index contributed by atoms with van der Waals surface area (Å²) in [5.41, 5.74) is 1.97. The average Bonchev–Trinajstić information content (AvgIpc) is 3.12. The lowest BCUT2D eigenvalue weighted by Crippen LogP contribution is -2.36. The monoisotopic (exact) mass is 489 g/mol. The smallest absolute Gasteiger partial charge is 0.266 e. The van der Waals surface area contributed by atoms with Gasteiger partial charge in [-0.3, -0.25) is 14.4 Å². The van der Waals surface area contributed by atoms with Gasteiger partial charge in [-0.1, -0.05) is 12.1 Å². The molecule has 0 radical (unpaired) electrons. The lowest BCUT2D eigenvalue weighted by atomic mass is 10.0. The van der Waals surface area contributed by atoms with Gasteiger partial charge < -0.3 is 14.5 Å². The van der Waals surface area contributed by atoms with Crippen molar-refractivity contribution in [3.05, 3.63) is 94.8 Å². The lowest BCUT2D eigenvalue weighted by molar-refractivity contribution is 0.0731.